The smallest absolute Gasteiger partial charge is 0.251 e. The van der Waals surface area contributed by atoms with Gasteiger partial charge in [-0.05, 0) is 18.6 Å². The molecule has 1 amide bonds. The number of carbonyl (C=O) groups is 1. The number of nitrogens with one attached hydrogen (secondary N) is 1. The van der Waals surface area contributed by atoms with Gasteiger partial charge in [0.2, 0.25) is 0 Å². The quantitative estimate of drug-likeness (QED) is 0.868. The Morgan fingerprint density at radius 2 is 2.12 bits per heavy atom. The summed E-state index contributed by atoms with van der Waals surface area (Å²) in [6.07, 6.45) is 4.85. The largest absolute Gasteiger partial charge is 0.346 e. The molecule has 1 N–H and O–H groups in total. The first-order chi connectivity index (χ1) is 8.27. The third kappa shape index (κ3) is 2.87. The number of rotatable bonds is 3. The highest BCUT2D eigenvalue weighted by atomic mass is 16.1. The van der Waals surface area contributed by atoms with Crippen LogP contribution in [0.5, 0.6) is 0 Å². The van der Waals surface area contributed by atoms with E-state index in [9.17, 15) is 4.79 Å². The van der Waals surface area contributed by atoms with Crippen molar-refractivity contribution in [3.05, 3.63) is 59.7 Å². The monoisotopic (exact) mass is 227 g/mol. The van der Waals surface area contributed by atoms with Crippen LogP contribution in [0.25, 0.3) is 0 Å². The second-order valence-electron chi connectivity index (χ2n) is 3.69. The summed E-state index contributed by atoms with van der Waals surface area (Å²) in [5.41, 5.74) is 2.40. The van der Waals surface area contributed by atoms with E-state index >= 15 is 0 Å². The van der Waals surface area contributed by atoms with Crippen LogP contribution in [0.15, 0.2) is 42.9 Å². The predicted molar refractivity (Wildman–Crippen MR) is 64.4 cm³/mol. The van der Waals surface area contributed by atoms with Gasteiger partial charge in [-0.15, -0.1) is 0 Å². The van der Waals surface area contributed by atoms with Crippen molar-refractivity contribution >= 4 is 5.91 Å². The Kier molecular flexibility index (Phi) is 3.45. The molecule has 1 aromatic heterocycles. The minimum Gasteiger partial charge on any atom is -0.346 e. The average molecular weight is 227 g/mol. The Bertz CT molecular complexity index is 511. The fourth-order valence-electron chi connectivity index (χ4n) is 1.51. The first kappa shape index (κ1) is 11.3. The van der Waals surface area contributed by atoms with Crippen LogP contribution in [0.3, 0.4) is 0 Å². The lowest BCUT2D eigenvalue weighted by Crippen LogP contribution is -2.24. The van der Waals surface area contributed by atoms with Crippen LogP contribution in [0.1, 0.15) is 21.6 Å². The molecule has 0 fully saturated rings. The van der Waals surface area contributed by atoms with Gasteiger partial charge in [-0.1, -0.05) is 18.2 Å². The number of aromatic nitrogens is 2. The van der Waals surface area contributed by atoms with Crippen molar-refractivity contribution in [2.45, 2.75) is 13.5 Å². The van der Waals surface area contributed by atoms with Crippen LogP contribution < -0.4 is 5.32 Å². The van der Waals surface area contributed by atoms with Gasteiger partial charge in [0, 0.05) is 18.0 Å². The fraction of sp³-hybridized carbons (Fsp3) is 0.154. The van der Waals surface area contributed by atoms with Crippen molar-refractivity contribution in [3.63, 3.8) is 0 Å². The van der Waals surface area contributed by atoms with E-state index in [1.54, 1.807) is 24.7 Å². The maximum atomic E-state index is 11.9. The number of amides is 1. The van der Waals surface area contributed by atoms with Crippen LogP contribution in [0.2, 0.25) is 0 Å². The number of carbonyl (C=O) groups excluding carboxylic acids is 1. The van der Waals surface area contributed by atoms with E-state index in [1.807, 2.05) is 25.1 Å². The van der Waals surface area contributed by atoms with Crippen LogP contribution in [0, 0.1) is 6.92 Å². The maximum Gasteiger partial charge on any atom is 0.251 e. The summed E-state index contributed by atoms with van der Waals surface area (Å²) < 4.78 is 0. The predicted octanol–water partition coefficient (Wildman–Crippen LogP) is 1.72. The Balaban J connectivity index is 2.01. The van der Waals surface area contributed by atoms with Gasteiger partial charge >= 0.3 is 0 Å². The highest BCUT2D eigenvalue weighted by Gasteiger charge is 2.07. The molecule has 86 valence electrons. The van der Waals surface area contributed by atoms with Crippen LogP contribution >= 0.6 is 0 Å². The first-order valence-corrected chi connectivity index (χ1v) is 5.36. The van der Waals surface area contributed by atoms with Gasteiger partial charge in [-0.2, -0.15) is 0 Å². The highest BCUT2D eigenvalue weighted by Crippen LogP contribution is 2.06. The first-order valence-electron chi connectivity index (χ1n) is 5.36. The van der Waals surface area contributed by atoms with Gasteiger partial charge in [-0.3, -0.25) is 14.8 Å². The zero-order valence-electron chi connectivity index (χ0n) is 9.55. The third-order valence-electron chi connectivity index (χ3n) is 2.44. The lowest BCUT2D eigenvalue weighted by molar-refractivity contribution is 0.0950. The van der Waals surface area contributed by atoms with E-state index < -0.39 is 0 Å². The van der Waals surface area contributed by atoms with Gasteiger partial charge in [0.15, 0.2) is 0 Å². The van der Waals surface area contributed by atoms with Crippen molar-refractivity contribution in [3.8, 4) is 0 Å². The van der Waals surface area contributed by atoms with Crippen molar-refractivity contribution < 1.29 is 4.79 Å². The molecule has 0 saturated heterocycles. The van der Waals surface area contributed by atoms with Crippen molar-refractivity contribution in [1.29, 1.82) is 0 Å². The molecule has 0 aliphatic rings. The Morgan fingerprint density at radius 3 is 2.82 bits per heavy atom. The fourth-order valence-corrected chi connectivity index (χ4v) is 1.51. The molecule has 0 unspecified atom stereocenters. The van der Waals surface area contributed by atoms with Gasteiger partial charge in [0.25, 0.3) is 5.91 Å². The van der Waals surface area contributed by atoms with Crippen molar-refractivity contribution in [1.82, 2.24) is 15.3 Å². The molecule has 0 atom stereocenters. The summed E-state index contributed by atoms with van der Waals surface area (Å²) in [6.45, 7) is 2.30. The van der Waals surface area contributed by atoms with Crippen molar-refractivity contribution in [2.75, 3.05) is 0 Å². The summed E-state index contributed by atoms with van der Waals surface area (Å²) in [5, 5.41) is 2.81. The molecular weight excluding hydrogens is 214 g/mol. The molecule has 17 heavy (non-hydrogen) atoms. The maximum absolute atomic E-state index is 11.9. The normalized spacial score (nSPS) is 9.94. The molecule has 2 rings (SSSR count). The summed E-state index contributed by atoms with van der Waals surface area (Å²) >= 11 is 0. The molecule has 0 saturated carbocycles. The molecule has 4 heteroatoms. The lowest BCUT2D eigenvalue weighted by Gasteiger charge is -2.06. The van der Waals surface area contributed by atoms with E-state index in [-0.39, 0.29) is 5.91 Å². The van der Waals surface area contributed by atoms with Crippen LogP contribution in [-0.4, -0.2) is 15.9 Å². The lowest BCUT2D eigenvalue weighted by atomic mass is 10.1. The minimum atomic E-state index is -0.0891. The molecule has 1 heterocycles. The standard InChI is InChI=1S/C13H13N3O/c1-10-4-2-3-5-12(10)13(17)16-9-11-8-14-6-7-15-11/h2-8H,9H2,1H3,(H,16,17). The molecule has 2 aromatic rings. The number of aryl methyl sites for hydroxylation is 1. The van der Waals surface area contributed by atoms with E-state index in [2.05, 4.69) is 15.3 Å². The summed E-state index contributed by atoms with van der Waals surface area (Å²) in [4.78, 5) is 19.9. The highest BCUT2D eigenvalue weighted by molar-refractivity contribution is 5.95. The topological polar surface area (TPSA) is 54.9 Å². The Labute approximate surface area is 99.7 Å². The molecule has 0 aliphatic carbocycles. The van der Waals surface area contributed by atoms with E-state index in [1.165, 1.54) is 0 Å². The Hall–Kier alpha value is -2.23. The van der Waals surface area contributed by atoms with E-state index in [0.717, 1.165) is 11.3 Å². The van der Waals surface area contributed by atoms with Gasteiger partial charge in [-0.25, -0.2) is 0 Å². The van der Waals surface area contributed by atoms with Crippen molar-refractivity contribution in [2.24, 2.45) is 0 Å². The van der Waals surface area contributed by atoms with Crippen LogP contribution in [-0.2, 0) is 6.54 Å². The number of nitrogens with zero attached hydrogens (tertiary/aromatic N) is 2. The summed E-state index contributed by atoms with van der Waals surface area (Å²) in [5.74, 6) is -0.0891. The zero-order chi connectivity index (χ0) is 12.1. The second-order valence-corrected chi connectivity index (χ2v) is 3.69. The van der Waals surface area contributed by atoms with E-state index in [4.69, 9.17) is 0 Å². The number of hydrogen-bond donors (Lipinski definition) is 1. The molecule has 0 bridgehead atoms. The van der Waals surface area contributed by atoms with Gasteiger partial charge in [0.1, 0.15) is 0 Å². The van der Waals surface area contributed by atoms with Crippen LogP contribution in [0.4, 0.5) is 0 Å². The summed E-state index contributed by atoms with van der Waals surface area (Å²) in [7, 11) is 0. The van der Waals surface area contributed by atoms with Gasteiger partial charge < -0.3 is 5.32 Å². The average Bonchev–Trinajstić information content (AvgIpc) is 2.38. The molecular formula is C13H13N3O. The molecule has 1 aromatic carbocycles. The third-order valence-corrected chi connectivity index (χ3v) is 2.44. The Morgan fingerprint density at radius 1 is 1.29 bits per heavy atom. The molecule has 4 nitrogen and oxygen atoms in total. The number of benzene rings is 1. The molecule has 0 spiro atoms. The van der Waals surface area contributed by atoms with Gasteiger partial charge in [0.05, 0.1) is 18.4 Å². The molecule has 0 radical (unpaired) electrons. The summed E-state index contributed by atoms with van der Waals surface area (Å²) in [6, 6.07) is 7.48. The second kappa shape index (κ2) is 5.21. The minimum absolute atomic E-state index is 0.0891. The number of hydrogen-bond acceptors (Lipinski definition) is 3. The molecule has 0 aliphatic heterocycles. The zero-order valence-corrected chi connectivity index (χ0v) is 9.55. The SMILES string of the molecule is Cc1ccccc1C(=O)NCc1cnccn1. The van der Waals surface area contributed by atoms with E-state index in [0.29, 0.717) is 12.1 Å².